The van der Waals surface area contributed by atoms with Crippen LogP contribution in [-0.4, -0.2) is 44.3 Å². The normalized spacial score (nSPS) is 20.9. The zero-order chi connectivity index (χ0) is 12.8. The largest absolute Gasteiger partial charge is 0.494 e. The Morgan fingerprint density at radius 3 is 3.17 bits per heavy atom. The van der Waals surface area contributed by atoms with E-state index in [1.807, 2.05) is 19.1 Å². The molecule has 0 spiro atoms. The summed E-state index contributed by atoms with van der Waals surface area (Å²) >= 11 is 0. The number of hydrogen-bond acceptors (Lipinski definition) is 4. The summed E-state index contributed by atoms with van der Waals surface area (Å²) in [5, 5.41) is 0. The summed E-state index contributed by atoms with van der Waals surface area (Å²) in [6.07, 6.45) is 0.130. The molecule has 1 aliphatic rings. The van der Waals surface area contributed by atoms with Crippen molar-refractivity contribution in [3.05, 3.63) is 29.8 Å². The van der Waals surface area contributed by atoms with Gasteiger partial charge in [0.1, 0.15) is 5.75 Å². The lowest BCUT2D eigenvalue weighted by molar-refractivity contribution is -0.0289. The molecule has 18 heavy (non-hydrogen) atoms. The Morgan fingerprint density at radius 1 is 1.50 bits per heavy atom. The van der Waals surface area contributed by atoms with E-state index in [1.54, 1.807) is 0 Å². The van der Waals surface area contributed by atoms with Crippen LogP contribution in [-0.2, 0) is 4.74 Å². The van der Waals surface area contributed by atoms with Crippen LogP contribution >= 0.6 is 0 Å². The van der Waals surface area contributed by atoms with Crippen LogP contribution in [0.25, 0.3) is 0 Å². The first-order chi connectivity index (χ1) is 8.83. The Balaban J connectivity index is 2.03. The van der Waals surface area contributed by atoms with Gasteiger partial charge in [-0.05, 0) is 24.6 Å². The van der Waals surface area contributed by atoms with Gasteiger partial charge in [0.25, 0.3) is 0 Å². The molecule has 1 heterocycles. The molecule has 1 fully saturated rings. The summed E-state index contributed by atoms with van der Waals surface area (Å²) in [5.74, 6) is 0.912. The van der Waals surface area contributed by atoms with Gasteiger partial charge < -0.3 is 15.2 Å². The van der Waals surface area contributed by atoms with Crippen molar-refractivity contribution >= 4 is 0 Å². The minimum Gasteiger partial charge on any atom is -0.494 e. The number of nitrogens with zero attached hydrogens (tertiary/aromatic N) is 1. The monoisotopic (exact) mass is 250 g/mol. The molecular weight excluding hydrogens is 228 g/mol. The molecular formula is C14H22N2O2. The lowest BCUT2D eigenvalue weighted by atomic mass is 10.1. The fraction of sp³-hybridized carbons (Fsp3) is 0.571. The quantitative estimate of drug-likeness (QED) is 0.858. The predicted molar refractivity (Wildman–Crippen MR) is 71.8 cm³/mol. The highest BCUT2D eigenvalue weighted by Gasteiger charge is 2.21. The standard InChI is InChI=1S/C14H22N2O2/c1-2-17-13-5-3-4-12(10-13)14-11-16(7-6-15)8-9-18-14/h3-5,10,14H,2,6-9,11,15H2,1H3. The van der Waals surface area contributed by atoms with Gasteiger partial charge in [-0.15, -0.1) is 0 Å². The fourth-order valence-electron chi connectivity index (χ4n) is 2.26. The molecule has 1 unspecified atom stereocenters. The van der Waals surface area contributed by atoms with E-state index in [2.05, 4.69) is 17.0 Å². The molecule has 2 N–H and O–H groups in total. The smallest absolute Gasteiger partial charge is 0.119 e. The molecule has 0 aliphatic carbocycles. The van der Waals surface area contributed by atoms with E-state index < -0.39 is 0 Å². The molecule has 1 saturated heterocycles. The third-order valence-corrected chi connectivity index (χ3v) is 3.14. The van der Waals surface area contributed by atoms with Crippen LogP contribution in [0.15, 0.2) is 24.3 Å². The van der Waals surface area contributed by atoms with Gasteiger partial charge in [-0.2, -0.15) is 0 Å². The first-order valence-corrected chi connectivity index (χ1v) is 6.60. The lowest BCUT2D eigenvalue weighted by Gasteiger charge is -2.32. The zero-order valence-electron chi connectivity index (χ0n) is 11.0. The third-order valence-electron chi connectivity index (χ3n) is 3.14. The molecule has 0 radical (unpaired) electrons. The van der Waals surface area contributed by atoms with E-state index in [1.165, 1.54) is 5.56 Å². The summed E-state index contributed by atoms with van der Waals surface area (Å²) in [4.78, 5) is 2.35. The maximum absolute atomic E-state index is 5.84. The maximum atomic E-state index is 5.84. The van der Waals surface area contributed by atoms with E-state index in [4.69, 9.17) is 15.2 Å². The second-order valence-electron chi connectivity index (χ2n) is 4.45. The molecule has 0 amide bonds. The van der Waals surface area contributed by atoms with Crippen molar-refractivity contribution in [2.45, 2.75) is 13.0 Å². The molecule has 100 valence electrons. The van der Waals surface area contributed by atoms with Crippen LogP contribution in [0.2, 0.25) is 0 Å². The average Bonchev–Trinajstić information content (AvgIpc) is 2.40. The minimum absolute atomic E-state index is 0.130. The van der Waals surface area contributed by atoms with Gasteiger partial charge in [-0.1, -0.05) is 12.1 Å². The number of morpholine rings is 1. The molecule has 0 aromatic heterocycles. The van der Waals surface area contributed by atoms with Gasteiger partial charge in [-0.3, -0.25) is 4.90 Å². The van der Waals surface area contributed by atoms with E-state index >= 15 is 0 Å². The Kier molecular flexibility index (Phi) is 4.99. The molecule has 1 aromatic carbocycles. The maximum Gasteiger partial charge on any atom is 0.119 e. The Labute approximate surface area is 109 Å². The van der Waals surface area contributed by atoms with Gasteiger partial charge in [0.2, 0.25) is 0 Å². The lowest BCUT2D eigenvalue weighted by Crippen LogP contribution is -2.40. The van der Waals surface area contributed by atoms with Crippen molar-refractivity contribution in [1.82, 2.24) is 4.90 Å². The number of benzene rings is 1. The van der Waals surface area contributed by atoms with Gasteiger partial charge >= 0.3 is 0 Å². The van der Waals surface area contributed by atoms with Crippen molar-refractivity contribution in [3.63, 3.8) is 0 Å². The van der Waals surface area contributed by atoms with Crippen LogP contribution in [0.4, 0.5) is 0 Å². The molecule has 2 rings (SSSR count). The fourth-order valence-corrected chi connectivity index (χ4v) is 2.26. The molecule has 1 aliphatic heterocycles. The highest BCUT2D eigenvalue weighted by Crippen LogP contribution is 2.25. The Hall–Kier alpha value is -1.10. The second kappa shape index (κ2) is 6.73. The summed E-state index contributed by atoms with van der Waals surface area (Å²) in [7, 11) is 0. The van der Waals surface area contributed by atoms with E-state index in [9.17, 15) is 0 Å². The first-order valence-electron chi connectivity index (χ1n) is 6.60. The van der Waals surface area contributed by atoms with Crippen molar-refractivity contribution in [2.75, 3.05) is 39.4 Å². The van der Waals surface area contributed by atoms with E-state index in [0.717, 1.165) is 32.0 Å². The minimum atomic E-state index is 0.130. The van der Waals surface area contributed by atoms with Crippen LogP contribution in [0.3, 0.4) is 0 Å². The predicted octanol–water partition coefficient (Wildman–Crippen LogP) is 1.42. The zero-order valence-corrected chi connectivity index (χ0v) is 11.0. The van der Waals surface area contributed by atoms with Crippen molar-refractivity contribution in [2.24, 2.45) is 5.73 Å². The highest BCUT2D eigenvalue weighted by molar-refractivity contribution is 5.30. The summed E-state index contributed by atoms with van der Waals surface area (Å²) in [5.41, 5.74) is 6.79. The van der Waals surface area contributed by atoms with E-state index in [0.29, 0.717) is 13.2 Å². The van der Waals surface area contributed by atoms with Crippen molar-refractivity contribution in [1.29, 1.82) is 0 Å². The van der Waals surface area contributed by atoms with Gasteiger partial charge in [-0.25, -0.2) is 0 Å². The SMILES string of the molecule is CCOc1cccc(C2CN(CCN)CCO2)c1. The highest BCUT2D eigenvalue weighted by atomic mass is 16.5. The topological polar surface area (TPSA) is 47.7 Å². The number of ether oxygens (including phenoxy) is 2. The number of hydrogen-bond donors (Lipinski definition) is 1. The Morgan fingerprint density at radius 2 is 2.39 bits per heavy atom. The number of rotatable bonds is 5. The molecule has 4 heteroatoms. The first kappa shape index (κ1) is 13.3. The molecule has 4 nitrogen and oxygen atoms in total. The summed E-state index contributed by atoms with van der Waals surface area (Å²) in [6.45, 7) is 6.97. The molecule has 1 atom stereocenters. The van der Waals surface area contributed by atoms with Gasteiger partial charge in [0.15, 0.2) is 0 Å². The summed E-state index contributed by atoms with van der Waals surface area (Å²) in [6, 6.07) is 8.16. The van der Waals surface area contributed by atoms with Crippen LogP contribution in [0.1, 0.15) is 18.6 Å². The molecule has 0 bridgehead atoms. The summed E-state index contributed by atoms with van der Waals surface area (Å²) < 4.78 is 11.4. The second-order valence-corrected chi connectivity index (χ2v) is 4.45. The van der Waals surface area contributed by atoms with Crippen LogP contribution in [0.5, 0.6) is 5.75 Å². The van der Waals surface area contributed by atoms with Gasteiger partial charge in [0.05, 0.1) is 19.3 Å². The van der Waals surface area contributed by atoms with Crippen molar-refractivity contribution < 1.29 is 9.47 Å². The number of nitrogens with two attached hydrogens (primary N) is 1. The van der Waals surface area contributed by atoms with Crippen LogP contribution < -0.4 is 10.5 Å². The average molecular weight is 250 g/mol. The van der Waals surface area contributed by atoms with Crippen molar-refractivity contribution in [3.8, 4) is 5.75 Å². The molecule has 1 aromatic rings. The molecule has 0 saturated carbocycles. The van der Waals surface area contributed by atoms with Crippen LogP contribution in [0, 0.1) is 0 Å². The Bertz CT molecular complexity index is 369. The van der Waals surface area contributed by atoms with E-state index in [-0.39, 0.29) is 6.10 Å². The van der Waals surface area contributed by atoms with Gasteiger partial charge in [0, 0.05) is 26.2 Å². The third kappa shape index (κ3) is 3.45.